The number of aliphatic hydroxyl groups is 1. The monoisotopic (exact) mass is 352 g/mol. The Morgan fingerprint density at radius 2 is 1.92 bits per heavy atom. The Kier molecular flexibility index (Phi) is 4.57. The fourth-order valence-corrected chi connectivity index (χ4v) is 3.41. The van der Waals surface area contributed by atoms with Gasteiger partial charge in [0.25, 0.3) is 0 Å². The summed E-state index contributed by atoms with van der Waals surface area (Å²) in [5.74, 6) is 2.16. The molecule has 0 saturated heterocycles. The number of hydrogen-bond donors (Lipinski definition) is 2. The molecule has 1 aromatic carbocycles. The van der Waals surface area contributed by atoms with Gasteiger partial charge in [-0.15, -0.1) is 0 Å². The van der Waals surface area contributed by atoms with Crippen LogP contribution in [0.5, 0.6) is 0 Å². The smallest absolute Gasteiger partial charge is 0.225 e. The first kappa shape index (κ1) is 17.3. The fraction of sp³-hybridized carbons (Fsp3) is 0.524. The zero-order valence-corrected chi connectivity index (χ0v) is 15.9. The molecule has 1 aliphatic heterocycles. The highest BCUT2D eigenvalue weighted by Gasteiger charge is 2.24. The third-order valence-electron chi connectivity index (χ3n) is 5.28. The Balaban J connectivity index is 1.60. The number of aromatic nitrogens is 2. The maximum atomic E-state index is 9.81. The molecular weight excluding hydrogens is 324 g/mol. The lowest BCUT2D eigenvalue weighted by Gasteiger charge is -2.31. The van der Waals surface area contributed by atoms with Crippen molar-refractivity contribution in [1.82, 2.24) is 9.97 Å². The second-order valence-corrected chi connectivity index (χ2v) is 7.92. The summed E-state index contributed by atoms with van der Waals surface area (Å²) in [7, 11) is 0. The Bertz CT molecular complexity index is 799. The van der Waals surface area contributed by atoms with Crippen molar-refractivity contribution in [2.24, 2.45) is 0 Å². The van der Waals surface area contributed by atoms with Crippen molar-refractivity contribution in [1.29, 1.82) is 0 Å². The van der Waals surface area contributed by atoms with E-state index in [0.717, 1.165) is 42.5 Å². The third-order valence-corrected chi connectivity index (χ3v) is 5.28. The number of anilines is 2. The van der Waals surface area contributed by atoms with Crippen LogP contribution in [0.1, 0.15) is 68.0 Å². The first-order chi connectivity index (χ1) is 12.5. The average molecular weight is 352 g/mol. The van der Waals surface area contributed by atoms with Crippen LogP contribution in [0.3, 0.4) is 0 Å². The van der Waals surface area contributed by atoms with Crippen LogP contribution in [0.15, 0.2) is 24.3 Å². The van der Waals surface area contributed by atoms with Gasteiger partial charge in [-0.05, 0) is 48.8 Å². The topological polar surface area (TPSA) is 61.3 Å². The van der Waals surface area contributed by atoms with Crippen LogP contribution in [-0.2, 0) is 13.0 Å². The molecule has 138 valence electrons. The van der Waals surface area contributed by atoms with E-state index in [9.17, 15) is 5.11 Å². The van der Waals surface area contributed by atoms with E-state index in [1.54, 1.807) is 0 Å². The van der Waals surface area contributed by atoms with Gasteiger partial charge in [0.1, 0.15) is 5.82 Å². The standard InChI is InChI=1S/C21H28N4O/c1-13(2)19-11-20(24-21(23-19)22-18-6-7-18)25-9-8-16-10-15(14(3)26)4-5-17(16)12-25/h4-5,10-11,13-14,18,26H,6-9,12H2,1-3H3,(H,22,23,24)/t14-/m1/s1. The highest BCUT2D eigenvalue weighted by Crippen LogP contribution is 2.29. The second kappa shape index (κ2) is 6.88. The summed E-state index contributed by atoms with van der Waals surface area (Å²) in [6.07, 6.45) is 2.99. The predicted octanol–water partition coefficient (Wildman–Crippen LogP) is 3.79. The van der Waals surface area contributed by atoms with Crippen molar-refractivity contribution in [3.63, 3.8) is 0 Å². The van der Waals surface area contributed by atoms with Crippen LogP contribution in [0, 0.1) is 0 Å². The van der Waals surface area contributed by atoms with Crippen LogP contribution in [0.4, 0.5) is 11.8 Å². The highest BCUT2D eigenvalue weighted by molar-refractivity contribution is 5.49. The Morgan fingerprint density at radius 1 is 1.12 bits per heavy atom. The van der Waals surface area contributed by atoms with Gasteiger partial charge in [0.05, 0.1) is 11.8 Å². The first-order valence-corrected chi connectivity index (χ1v) is 9.70. The van der Waals surface area contributed by atoms with Crippen LogP contribution in [-0.4, -0.2) is 27.7 Å². The fourth-order valence-electron chi connectivity index (χ4n) is 3.41. The summed E-state index contributed by atoms with van der Waals surface area (Å²) < 4.78 is 0. The van der Waals surface area contributed by atoms with Gasteiger partial charge in [0.2, 0.25) is 5.95 Å². The van der Waals surface area contributed by atoms with Gasteiger partial charge in [0, 0.05) is 25.2 Å². The molecule has 0 radical (unpaired) electrons. The van der Waals surface area contributed by atoms with E-state index in [-0.39, 0.29) is 0 Å². The minimum Gasteiger partial charge on any atom is -0.389 e. The molecule has 5 heteroatoms. The second-order valence-electron chi connectivity index (χ2n) is 7.92. The third kappa shape index (κ3) is 3.68. The quantitative estimate of drug-likeness (QED) is 0.857. The van der Waals surface area contributed by atoms with Crippen molar-refractivity contribution >= 4 is 11.8 Å². The van der Waals surface area contributed by atoms with Gasteiger partial charge in [0.15, 0.2) is 0 Å². The van der Waals surface area contributed by atoms with Crippen molar-refractivity contribution in [3.8, 4) is 0 Å². The van der Waals surface area contributed by atoms with Gasteiger partial charge in [-0.3, -0.25) is 0 Å². The molecule has 2 heterocycles. The maximum absolute atomic E-state index is 9.81. The van der Waals surface area contributed by atoms with Gasteiger partial charge < -0.3 is 15.3 Å². The lowest BCUT2D eigenvalue weighted by molar-refractivity contribution is 0.199. The normalized spacial score (nSPS) is 18.0. The van der Waals surface area contributed by atoms with E-state index in [1.807, 2.05) is 13.0 Å². The summed E-state index contributed by atoms with van der Waals surface area (Å²) in [5, 5.41) is 13.3. The summed E-state index contributed by atoms with van der Waals surface area (Å²) in [6.45, 7) is 7.96. The Hall–Kier alpha value is -2.14. The molecule has 5 nitrogen and oxygen atoms in total. The van der Waals surface area contributed by atoms with Crippen LogP contribution in [0.25, 0.3) is 0 Å². The number of aliphatic hydroxyl groups excluding tert-OH is 1. The zero-order valence-electron chi connectivity index (χ0n) is 15.9. The van der Waals surface area contributed by atoms with E-state index < -0.39 is 6.10 Å². The van der Waals surface area contributed by atoms with E-state index in [2.05, 4.69) is 42.3 Å². The number of nitrogens with one attached hydrogen (secondary N) is 1. The predicted molar refractivity (Wildman–Crippen MR) is 105 cm³/mol. The molecule has 4 rings (SSSR count). The minimum absolute atomic E-state index is 0.377. The van der Waals surface area contributed by atoms with Crippen molar-refractivity contribution in [3.05, 3.63) is 46.6 Å². The summed E-state index contributed by atoms with van der Waals surface area (Å²) in [4.78, 5) is 11.9. The summed E-state index contributed by atoms with van der Waals surface area (Å²) in [5.41, 5.74) is 4.75. The Labute approximate surface area is 155 Å². The highest BCUT2D eigenvalue weighted by atomic mass is 16.3. The summed E-state index contributed by atoms with van der Waals surface area (Å²) >= 11 is 0. The zero-order chi connectivity index (χ0) is 18.3. The number of fused-ring (bicyclic) bond motifs is 1. The Morgan fingerprint density at radius 3 is 2.62 bits per heavy atom. The molecule has 1 atom stereocenters. The van der Waals surface area contributed by atoms with E-state index in [4.69, 9.17) is 9.97 Å². The molecule has 1 aliphatic carbocycles. The van der Waals surface area contributed by atoms with E-state index in [1.165, 1.54) is 24.0 Å². The van der Waals surface area contributed by atoms with E-state index >= 15 is 0 Å². The van der Waals surface area contributed by atoms with Gasteiger partial charge in [-0.1, -0.05) is 32.0 Å². The molecule has 1 saturated carbocycles. The van der Waals surface area contributed by atoms with Crippen LogP contribution >= 0.6 is 0 Å². The van der Waals surface area contributed by atoms with E-state index in [0.29, 0.717) is 12.0 Å². The minimum atomic E-state index is -0.412. The SMILES string of the molecule is CC(C)c1cc(N2CCc3cc([C@@H](C)O)ccc3C2)nc(NC2CC2)n1. The van der Waals surface area contributed by atoms with Crippen LogP contribution in [0.2, 0.25) is 0 Å². The van der Waals surface area contributed by atoms with Gasteiger partial charge in [-0.2, -0.15) is 4.98 Å². The molecule has 0 unspecified atom stereocenters. The maximum Gasteiger partial charge on any atom is 0.225 e. The van der Waals surface area contributed by atoms with Crippen molar-refractivity contribution in [2.45, 2.75) is 64.6 Å². The molecule has 1 fully saturated rings. The number of benzene rings is 1. The van der Waals surface area contributed by atoms with Gasteiger partial charge in [-0.25, -0.2) is 4.98 Å². The molecule has 0 amide bonds. The molecule has 26 heavy (non-hydrogen) atoms. The van der Waals surface area contributed by atoms with Crippen molar-refractivity contribution in [2.75, 3.05) is 16.8 Å². The number of nitrogens with zero attached hydrogens (tertiary/aromatic N) is 3. The number of rotatable bonds is 5. The molecule has 2 N–H and O–H groups in total. The number of hydrogen-bond acceptors (Lipinski definition) is 5. The van der Waals surface area contributed by atoms with Crippen LogP contribution < -0.4 is 10.2 Å². The molecule has 0 bridgehead atoms. The molecule has 1 aromatic heterocycles. The van der Waals surface area contributed by atoms with Crippen molar-refractivity contribution < 1.29 is 5.11 Å². The average Bonchev–Trinajstić information content (AvgIpc) is 3.44. The molecule has 2 aliphatic rings. The lowest BCUT2D eigenvalue weighted by Crippen LogP contribution is -2.31. The lowest BCUT2D eigenvalue weighted by atomic mass is 9.95. The summed E-state index contributed by atoms with van der Waals surface area (Å²) in [6, 6.07) is 9.02. The molecule has 2 aromatic rings. The largest absolute Gasteiger partial charge is 0.389 e. The van der Waals surface area contributed by atoms with Gasteiger partial charge >= 0.3 is 0 Å². The molecule has 0 spiro atoms. The first-order valence-electron chi connectivity index (χ1n) is 9.70. The molecular formula is C21H28N4O.